The fourth-order valence-electron chi connectivity index (χ4n) is 0.535. The van der Waals surface area contributed by atoms with Crippen LogP contribution in [0.2, 0.25) is 0 Å². The van der Waals surface area contributed by atoms with Crippen molar-refractivity contribution in [1.82, 2.24) is 0 Å². The van der Waals surface area contributed by atoms with Crippen LogP contribution < -0.4 is 10.8 Å². The number of para-hydroxylation sites is 1. The lowest BCUT2D eigenvalue weighted by Crippen LogP contribution is -2.03. The smallest absolute Gasteiger partial charge is 0.168 e. The maximum atomic E-state index is 4.53. The Bertz CT molecular complexity index is 178. The molecule has 2 N–H and O–H groups in total. The number of hydrogen-bond acceptors (Lipinski definition) is 4. The molecule has 0 fully saturated rings. The molecule has 0 saturated carbocycles. The molecule has 0 bridgehead atoms. The summed E-state index contributed by atoms with van der Waals surface area (Å²) >= 11 is 0. The zero-order valence-corrected chi connectivity index (χ0v) is 5.19. The van der Waals surface area contributed by atoms with Gasteiger partial charge in [0.1, 0.15) is 0 Å². The van der Waals surface area contributed by atoms with E-state index in [1.54, 1.807) is 24.3 Å². The molecular formula is C6H7NO3. The third kappa shape index (κ3) is 2.02. The SMILES string of the molecule is NOOOc1ccccc1. The Morgan fingerprint density at radius 2 is 1.80 bits per heavy atom. The summed E-state index contributed by atoms with van der Waals surface area (Å²) in [7, 11) is 0. The van der Waals surface area contributed by atoms with E-state index in [2.05, 4.69) is 20.8 Å². The van der Waals surface area contributed by atoms with Gasteiger partial charge in [-0.3, -0.25) is 0 Å². The van der Waals surface area contributed by atoms with Crippen LogP contribution in [0, 0.1) is 0 Å². The molecule has 0 amide bonds. The summed E-state index contributed by atoms with van der Waals surface area (Å²) in [5.41, 5.74) is 0. The lowest BCUT2D eigenvalue weighted by molar-refractivity contribution is -0.470. The molecule has 54 valence electrons. The van der Waals surface area contributed by atoms with Crippen LogP contribution in [0.1, 0.15) is 0 Å². The monoisotopic (exact) mass is 141 g/mol. The zero-order valence-electron chi connectivity index (χ0n) is 5.19. The van der Waals surface area contributed by atoms with Crippen LogP contribution >= 0.6 is 0 Å². The van der Waals surface area contributed by atoms with Crippen LogP contribution in [0.4, 0.5) is 0 Å². The van der Waals surface area contributed by atoms with Crippen LogP contribution in [0.15, 0.2) is 30.3 Å². The second-order valence-electron chi connectivity index (χ2n) is 1.56. The maximum absolute atomic E-state index is 4.53. The summed E-state index contributed by atoms with van der Waals surface area (Å²) < 4.78 is 0. The predicted molar refractivity (Wildman–Crippen MR) is 33.4 cm³/mol. The van der Waals surface area contributed by atoms with Crippen molar-refractivity contribution < 1.29 is 14.9 Å². The molecule has 0 aliphatic carbocycles. The van der Waals surface area contributed by atoms with Crippen molar-refractivity contribution in [1.29, 1.82) is 0 Å². The normalized spacial score (nSPS) is 9.30. The fourth-order valence-corrected chi connectivity index (χ4v) is 0.535. The highest BCUT2D eigenvalue weighted by Crippen LogP contribution is 2.07. The first-order chi connectivity index (χ1) is 4.93. The Morgan fingerprint density at radius 3 is 2.40 bits per heavy atom. The number of nitrogens with two attached hydrogens (primary N) is 1. The largest absolute Gasteiger partial charge is 0.307 e. The van der Waals surface area contributed by atoms with E-state index in [0.717, 1.165) is 0 Å². The average molecular weight is 141 g/mol. The van der Waals surface area contributed by atoms with Crippen molar-refractivity contribution in [2.45, 2.75) is 0 Å². The first-order valence-corrected chi connectivity index (χ1v) is 2.68. The Morgan fingerprint density at radius 1 is 1.10 bits per heavy atom. The van der Waals surface area contributed by atoms with E-state index in [-0.39, 0.29) is 0 Å². The molecule has 1 aromatic rings. The van der Waals surface area contributed by atoms with Crippen molar-refractivity contribution in [2.75, 3.05) is 0 Å². The van der Waals surface area contributed by atoms with E-state index in [4.69, 9.17) is 0 Å². The first-order valence-electron chi connectivity index (χ1n) is 2.68. The lowest BCUT2D eigenvalue weighted by Gasteiger charge is -1.97. The molecule has 10 heavy (non-hydrogen) atoms. The van der Waals surface area contributed by atoms with Gasteiger partial charge >= 0.3 is 0 Å². The molecule has 0 aliphatic heterocycles. The highest BCUT2D eigenvalue weighted by atomic mass is 17.5. The molecule has 4 nitrogen and oxygen atoms in total. The highest BCUT2D eigenvalue weighted by molar-refractivity contribution is 5.19. The van der Waals surface area contributed by atoms with Crippen LogP contribution in [-0.2, 0) is 10.0 Å². The van der Waals surface area contributed by atoms with Crippen molar-refractivity contribution in [3.63, 3.8) is 0 Å². The van der Waals surface area contributed by atoms with Crippen molar-refractivity contribution in [3.05, 3.63) is 30.3 Å². The van der Waals surface area contributed by atoms with E-state index >= 15 is 0 Å². The third-order valence-electron chi connectivity index (χ3n) is 0.913. The molecule has 0 atom stereocenters. The van der Waals surface area contributed by atoms with Gasteiger partial charge < -0.3 is 4.89 Å². The van der Waals surface area contributed by atoms with E-state index in [1.165, 1.54) is 0 Å². The van der Waals surface area contributed by atoms with Crippen LogP contribution in [-0.4, -0.2) is 0 Å². The summed E-state index contributed by atoms with van der Waals surface area (Å²) in [5.74, 6) is 5.06. The Kier molecular flexibility index (Phi) is 2.69. The van der Waals surface area contributed by atoms with Gasteiger partial charge in [-0.2, -0.15) is 5.90 Å². The van der Waals surface area contributed by atoms with Gasteiger partial charge in [-0.05, 0) is 12.1 Å². The molecule has 0 unspecified atom stereocenters. The molecule has 0 spiro atoms. The molecule has 4 heteroatoms. The van der Waals surface area contributed by atoms with E-state index in [9.17, 15) is 0 Å². The standard InChI is InChI=1S/C6H7NO3/c7-9-10-8-6-4-2-1-3-5-6/h1-5H,7H2. The Hall–Kier alpha value is -1.10. The quantitative estimate of drug-likeness (QED) is 0.499. The molecular weight excluding hydrogens is 134 g/mol. The third-order valence-corrected chi connectivity index (χ3v) is 0.913. The van der Waals surface area contributed by atoms with Crippen molar-refractivity contribution in [2.24, 2.45) is 5.90 Å². The number of rotatable bonds is 3. The predicted octanol–water partition coefficient (Wildman–Crippen LogP) is 0.802. The topological polar surface area (TPSA) is 53.7 Å². The van der Waals surface area contributed by atoms with Gasteiger partial charge in [-0.25, -0.2) is 0 Å². The average Bonchev–Trinajstić information content (AvgIpc) is 2.03. The fraction of sp³-hybridized carbons (Fsp3) is 0. The minimum Gasteiger partial charge on any atom is -0.307 e. The van der Waals surface area contributed by atoms with Crippen LogP contribution in [0.3, 0.4) is 0 Å². The number of hydrogen-bond donors (Lipinski definition) is 1. The van der Waals surface area contributed by atoms with E-state index < -0.39 is 0 Å². The molecule has 0 aromatic heterocycles. The van der Waals surface area contributed by atoms with Gasteiger partial charge in [-0.1, -0.05) is 18.2 Å². The summed E-state index contributed by atoms with van der Waals surface area (Å²) in [5, 5.41) is 4.00. The summed E-state index contributed by atoms with van der Waals surface area (Å²) in [6.45, 7) is 0. The minimum atomic E-state index is 0.535. The molecule has 1 rings (SSSR count). The van der Waals surface area contributed by atoms with Crippen LogP contribution in [0.25, 0.3) is 0 Å². The Labute approximate surface area is 57.9 Å². The van der Waals surface area contributed by atoms with E-state index in [0.29, 0.717) is 5.75 Å². The number of benzene rings is 1. The second-order valence-corrected chi connectivity index (χ2v) is 1.56. The molecule has 0 saturated heterocycles. The first kappa shape index (κ1) is 7.01. The molecule has 1 aromatic carbocycles. The summed E-state index contributed by atoms with van der Waals surface area (Å²) in [6, 6.07) is 8.87. The Balaban J connectivity index is 2.43. The van der Waals surface area contributed by atoms with Gasteiger partial charge in [0.2, 0.25) is 0 Å². The van der Waals surface area contributed by atoms with Gasteiger partial charge in [0.05, 0.1) is 0 Å². The van der Waals surface area contributed by atoms with Crippen molar-refractivity contribution in [3.8, 4) is 5.75 Å². The van der Waals surface area contributed by atoms with Crippen LogP contribution in [0.5, 0.6) is 5.75 Å². The maximum Gasteiger partial charge on any atom is 0.168 e. The van der Waals surface area contributed by atoms with Gasteiger partial charge in [0.25, 0.3) is 0 Å². The minimum absolute atomic E-state index is 0.535. The lowest BCUT2D eigenvalue weighted by atomic mass is 10.3. The van der Waals surface area contributed by atoms with Gasteiger partial charge in [0.15, 0.2) is 5.75 Å². The zero-order chi connectivity index (χ0) is 7.23. The highest BCUT2D eigenvalue weighted by Gasteiger charge is 1.89. The summed E-state index contributed by atoms with van der Waals surface area (Å²) in [4.78, 5) is 8.23. The second kappa shape index (κ2) is 3.84. The summed E-state index contributed by atoms with van der Waals surface area (Å²) in [6.07, 6.45) is 0. The molecule has 0 aliphatic rings. The molecule has 0 radical (unpaired) electrons. The van der Waals surface area contributed by atoms with E-state index in [1.807, 2.05) is 6.07 Å². The van der Waals surface area contributed by atoms with Crippen molar-refractivity contribution >= 4 is 0 Å². The van der Waals surface area contributed by atoms with Gasteiger partial charge in [-0.15, -0.1) is 4.99 Å². The molecule has 0 heterocycles. The van der Waals surface area contributed by atoms with Gasteiger partial charge in [0, 0.05) is 5.04 Å².